The second-order valence-corrected chi connectivity index (χ2v) is 5.02. The second-order valence-electron chi connectivity index (χ2n) is 4.16. The van der Waals surface area contributed by atoms with Crippen LogP contribution in [0.1, 0.15) is 31.8 Å². The van der Waals surface area contributed by atoms with Crippen LogP contribution in [-0.2, 0) is 0 Å². The largest absolute Gasteiger partial charge is 0.367 e. The molecule has 0 bridgehead atoms. The summed E-state index contributed by atoms with van der Waals surface area (Å²) in [7, 11) is 0. The minimum absolute atomic E-state index is 0.0134. The van der Waals surface area contributed by atoms with E-state index in [1.807, 2.05) is 0 Å². The lowest BCUT2D eigenvalue weighted by molar-refractivity contribution is 0.150. The van der Waals surface area contributed by atoms with Gasteiger partial charge in [0, 0.05) is 22.3 Å². The van der Waals surface area contributed by atoms with Crippen molar-refractivity contribution >= 4 is 21.7 Å². The third-order valence-corrected chi connectivity index (χ3v) is 3.49. The fourth-order valence-electron chi connectivity index (χ4n) is 1.65. The molecule has 0 aliphatic heterocycles. The van der Waals surface area contributed by atoms with E-state index in [0.717, 1.165) is 0 Å². The van der Waals surface area contributed by atoms with Crippen molar-refractivity contribution in [1.29, 1.82) is 0 Å². The van der Waals surface area contributed by atoms with Gasteiger partial charge in [-0.25, -0.2) is 13.8 Å². The molecule has 2 rings (SSSR count). The number of nitrogens with one attached hydrogen (secondary N) is 1. The first-order chi connectivity index (χ1) is 7.58. The molecule has 1 heterocycles. The predicted octanol–water partition coefficient (Wildman–Crippen LogP) is 3.99. The van der Waals surface area contributed by atoms with Crippen molar-refractivity contribution in [3.05, 3.63) is 22.3 Å². The maximum Gasteiger partial charge on any atom is 0.265 e. The van der Waals surface area contributed by atoms with E-state index in [1.54, 1.807) is 0 Å². The molecule has 1 fully saturated rings. The quantitative estimate of drug-likeness (QED) is 0.907. The summed E-state index contributed by atoms with van der Waals surface area (Å²) in [6, 6.07) is 1.72. The molecule has 1 N–H and O–H groups in total. The molecule has 88 valence electrons. The maximum absolute atomic E-state index is 12.6. The van der Waals surface area contributed by atoms with E-state index in [4.69, 9.17) is 0 Å². The molecule has 0 saturated heterocycles. The van der Waals surface area contributed by atoms with Gasteiger partial charge in [-0.2, -0.15) is 0 Å². The molecule has 1 unspecified atom stereocenters. The molecule has 1 saturated carbocycles. The first kappa shape index (κ1) is 11.8. The molecule has 2 nitrogen and oxygen atoms in total. The first-order valence-corrected chi connectivity index (χ1v) is 6.07. The van der Waals surface area contributed by atoms with Crippen LogP contribution in [-0.4, -0.2) is 11.0 Å². The highest BCUT2D eigenvalue weighted by Gasteiger charge is 2.28. The number of pyridine rings is 1. The molecule has 16 heavy (non-hydrogen) atoms. The van der Waals surface area contributed by atoms with E-state index in [2.05, 4.69) is 33.2 Å². The lowest BCUT2D eigenvalue weighted by Gasteiger charge is -2.14. The van der Waals surface area contributed by atoms with Crippen molar-refractivity contribution in [2.24, 2.45) is 5.92 Å². The lowest BCUT2D eigenvalue weighted by Crippen LogP contribution is -2.18. The Morgan fingerprint density at radius 2 is 2.19 bits per heavy atom. The highest BCUT2D eigenvalue weighted by atomic mass is 79.9. The van der Waals surface area contributed by atoms with Crippen LogP contribution in [0.25, 0.3) is 0 Å². The lowest BCUT2D eigenvalue weighted by atomic mass is 10.2. The van der Waals surface area contributed by atoms with Crippen molar-refractivity contribution < 1.29 is 8.78 Å². The average Bonchev–Trinajstić information content (AvgIpc) is 3.03. The van der Waals surface area contributed by atoms with Crippen LogP contribution < -0.4 is 5.32 Å². The number of hydrogen-bond donors (Lipinski definition) is 1. The van der Waals surface area contributed by atoms with Gasteiger partial charge in [0.2, 0.25) is 0 Å². The van der Waals surface area contributed by atoms with Gasteiger partial charge in [0.1, 0.15) is 5.82 Å². The molecule has 0 radical (unpaired) electrons. The standard InChI is InChI=1S/C11H13BrF2N2/c1-6(7-2-3-7)16-10-4-8(11(13)14)9(12)5-15-10/h4-7,11H,2-3H2,1H3,(H,15,16). The van der Waals surface area contributed by atoms with Gasteiger partial charge in [0.25, 0.3) is 6.43 Å². The second kappa shape index (κ2) is 4.65. The van der Waals surface area contributed by atoms with Gasteiger partial charge >= 0.3 is 0 Å². The predicted molar refractivity (Wildman–Crippen MR) is 62.7 cm³/mol. The summed E-state index contributed by atoms with van der Waals surface area (Å²) in [4.78, 5) is 4.08. The fraction of sp³-hybridized carbons (Fsp3) is 0.545. The number of nitrogens with zero attached hydrogens (tertiary/aromatic N) is 1. The highest BCUT2D eigenvalue weighted by molar-refractivity contribution is 9.10. The minimum atomic E-state index is -2.48. The summed E-state index contributed by atoms with van der Waals surface area (Å²) in [5, 5.41) is 3.16. The summed E-state index contributed by atoms with van der Waals surface area (Å²) in [6.45, 7) is 2.06. The normalized spacial score (nSPS) is 17.6. The Bertz CT molecular complexity index is 380. The molecule has 0 aromatic carbocycles. The van der Waals surface area contributed by atoms with Gasteiger partial charge in [-0.05, 0) is 47.7 Å². The number of alkyl halides is 2. The van der Waals surface area contributed by atoms with Crippen LogP contribution in [0.4, 0.5) is 14.6 Å². The van der Waals surface area contributed by atoms with E-state index >= 15 is 0 Å². The van der Waals surface area contributed by atoms with Gasteiger partial charge in [-0.3, -0.25) is 0 Å². The molecule has 1 aliphatic rings. The Hall–Kier alpha value is -0.710. The molecule has 5 heteroatoms. The van der Waals surface area contributed by atoms with Gasteiger partial charge in [-0.1, -0.05) is 0 Å². The molecule has 1 atom stereocenters. The van der Waals surface area contributed by atoms with Crippen molar-refractivity contribution in [1.82, 2.24) is 4.98 Å². The zero-order chi connectivity index (χ0) is 11.7. The summed E-state index contributed by atoms with van der Waals surface area (Å²) in [5.41, 5.74) is -0.0134. The summed E-state index contributed by atoms with van der Waals surface area (Å²) >= 11 is 3.07. The van der Waals surface area contributed by atoms with Gasteiger partial charge < -0.3 is 5.32 Å². The van der Waals surface area contributed by atoms with Crippen molar-refractivity contribution in [2.45, 2.75) is 32.2 Å². The number of rotatable bonds is 4. The molecule has 1 aromatic rings. The molecule has 0 amide bonds. The monoisotopic (exact) mass is 290 g/mol. The first-order valence-electron chi connectivity index (χ1n) is 5.28. The van der Waals surface area contributed by atoms with E-state index in [-0.39, 0.29) is 5.56 Å². The van der Waals surface area contributed by atoms with Gasteiger partial charge in [0.05, 0.1) is 0 Å². The molecule has 0 spiro atoms. The van der Waals surface area contributed by atoms with Crippen LogP contribution in [0.2, 0.25) is 0 Å². The molecular formula is C11H13BrF2N2. The van der Waals surface area contributed by atoms with E-state index < -0.39 is 6.43 Å². The van der Waals surface area contributed by atoms with Crippen LogP contribution in [0.15, 0.2) is 16.7 Å². The minimum Gasteiger partial charge on any atom is -0.367 e. The number of halogens is 3. The average molecular weight is 291 g/mol. The SMILES string of the molecule is CC(Nc1cc(C(F)F)c(Br)cn1)C1CC1. The molecular weight excluding hydrogens is 278 g/mol. The van der Waals surface area contributed by atoms with Gasteiger partial charge in [0.15, 0.2) is 0 Å². The Morgan fingerprint density at radius 3 is 2.75 bits per heavy atom. The summed E-state index contributed by atoms with van der Waals surface area (Å²) in [5.74, 6) is 1.19. The summed E-state index contributed by atoms with van der Waals surface area (Å²) < 4.78 is 25.6. The van der Waals surface area contributed by atoms with E-state index in [9.17, 15) is 8.78 Å². The third-order valence-electron chi connectivity index (χ3n) is 2.82. The van der Waals surface area contributed by atoms with E-state index in [1.165, 1.54) is 25.1 Å². The van der Waals surface area contributed by atoms with Crippen LogP contribution in [0.5, 0.6) is 0 Å². The number of hydrogen-bond acceptors (Lipinski definition) is 2. The zero-order valence-electron chi connectivity index (χ0n) is 8.88. The topological polar surface area (TPSA) is 24.9 Å². The highest BCUT2D eigenvalue weighted by Crippen LogP contribution is 2.34. The van der Waals surface area contributed by atoms with Crippen LogP contribution in [0.3, 0.4) is 0 Å². The Balaban J connectivity index is 2.11. The van der Waals surface area contributed by atoms with Crippen molar-refractivity contribution in [3.8, 4) is 0 Å². The zero-order valence-corrected chi connectivity index (χ0v) is 10.5. The maximum atomic E-state index is 12.6. The van der Waals surface area contributed by atoms with Crippen LogP contribution in [0, 0.1) is 5.92 Å². The fourth-order valence-corrected chi connectivity index (χ4v) is 2.04. The van der Waals surface area contributed by atoms with Crippen LogP contribution >= 0.6 is 15.9 Å². The smallest absolute Gasteiger partial charge is 0.265 e. The molecule has 1 aromatic heterocycles. The Morgan fingerprint density at radius 1 is 1.50 bits per heavy atom. The Labute approximate surface area is 102 Å². The Kier molecular flexibility index (Phi) is 3.42. The summed E-state index contributed by atoms with van der Waals surface area (Å²) in [6.07, 6.45) is 1.37. The third kappa shape index (κ3) is 2.70. The number of aromatic nitrogens is 1. The van der Waals surface area contributed by atoms with E-state index in [0.29, 0.717) is 22.3 Å². The molecule has 1 aliphatic carbocycles. The van der Waals surface area contributed by atoms with Crippen molar-refractivity contribution in [2.75, 3.05) is 5.32 Å². The van der Waals surface area contributed by atoms with Gasteiger partial charge in [-0.15, -0.1) is 0 Å². The van der Waals surface area contributed by atoms with Crippen molar-refractivity contribution in [3.63, 3.8) is 0 Å². The number of anilines is 1.